The van der Waals surface area contributed by atoms with Crippen LogP contribution in [-0.2, 0) is 0 Å². The Morgan fingerprint density at radius 2 is 1.45 bits per heavy atom. The Morgan fingerprint density at radius 1 is 0.850 bits per heavy atom. The van der Waals surface area contributed by atoms with Gasteiger partial charge in [-0.05, 0) is 32.4 Å². The molecule has 2 fully saturated rings. The zero-order valence-corrected chi connectivity index (χ0v) is 13.3. The third-order valence-electron chi connectivity index (χ3n) is 5.32. The Labute approximate surface area is 124 Å². The highest BCUT2D eigenvalue weighted by molar-refractivity contribution is 4.91. The van der Waals surface area contributed by atoms with E-state index in [1.54, 1.807) is 0 Å². The van der Waals surface area contributed by atoms with E-state index in [1.807, 2.05) is 6.92 Å². The number of rotatable bonds is 1. The summed E-state index contributed by atoms with van der Waals surface area (Å²) in [4.78, 5) is 0. The average Bonchev–Trinajstić information content (AvgIpc) is 2.59. The summed E-state index contributed by atoms with van der Waals surface area (Å²) in [6.45, 7) is 5.87. The van der Waals surface area contributed by atoms with Gasteiger partial charge in [0.2, 0.25) is 0 Å². The Hall–Kier alpha value is -0.120. The summed E-state index contributed by atoms with van der Waals surface area (Å²) in [5, 5.41) is 18.0. The van der Waals surface area contributed by atoms with Gasteiger partial charge in [-0.3, -0.25) is 0 Å². The van der Waals surface area contributed by atoms with Crippen molar-refractivity contribution in [3.63, 3.8) is 0 Å². The van der Waals surface area contributed by atoms with E-state index in [1.165, 1.54) is 51.4 Å². The van der Waals surface area contributed by atoms with E-state index in [0.717, 1.165) is 32.6 Å². The van der Waals surface area contributed by atoms with Crippen molar-refractivity contribution in [2.45, 2.75) is 70.3 Å². The molecule has 0 amide bonds. The first-order valence-electron chi connectivity index (χ1n) is 8.84. The Kier molecular flexibility index (Phi) is 6.79. The van der Waals surface area contributed by atoms with Gasteiger partial charge in [-0.25, -0.2) is 0 Å². The molecule has 2 unspecified atom stereocenters. The first kappa shape index (κ1) is 16.3. The quantitative estimate of drug-likeness (QED) is 0.693. The van der Waals surface area contributed by atoms with Gasteiger partial charge in [-0.1, -0.05) is 51.4 Å². The van der Waals surface area contributed by atoms with Crippen LogP contribution in [0.1, 0.15) is 64.7 Å². The molecular weight excluding hydrogens is 248 g/mol. The van der Waals surface area contributed by atoms with Crippen molar-refractivity contribution in [2.75, 3.05) is 26.2 Å². The minimum atomic E-state index is -0.573. The van der Waals surface area contributed by atoms with E-state index >= 15 is 0 Å². The van der Waals surface area contributed by atoms with E-state index in [0.29, 0.717) is 11.8 Å². The summed E-state index contributed by atoms with van der Waals surface area (Å²) in [6.07, 6.45) is 12.1. The number of nitrogens with one attached hydrogen (secondary N) is 2. The SMILES string of the molecule is CC1(O)CNCCCNCC1C1CCCCCCCC1. The molecular formula is C17H34N2O. The summed E-state index contributed by atoms with van der Waals surface area (Å²) >= 11 is 0. The van der Waals surface area contributed by atoms with Crippen LogP contribution in [0.15, 0.2) is 0 Å². The number of hydrogen-bond acceptors (Lipinski definition) is 3. The molecule has 2 atom stereocenters. The van der Waals surface area contributed by atoms with Crippen molar-refractivity contribution in [3.05, 3.63) is 0 Å². The van der Waals surface area contributed by atoms with Crippen LogP contribution in [0, 0.1) is 11.8 Å². The lowest BCUT2D eigenvalue weighted by atomic mass is 9.74. The third kappa shape index (κ3) is 5.01. The zero-order chi connectivity index (χ0) is 14.3. The zero-order valence-electron chi connectivity index (χ0n) is 13.3. The van der Waals surface area contributed by atoms with Crippen molar-refractivity contribution >= 4 is 0 Å². The van der Waals surface area contributed by atoms with Gasteiger partial charge in [0.05, 0.1) is 5.60 Å². The van der Waals surface area contributed by atoms with E-state index in [9.17, 15) is 5.11 Å². The molecule has 0 aromatic heterocycles. The maximum atomic E-state index is 10.9. The van der Waals surface area contributed by atoms with Crippen molar-refractivity contribution in [3.8, 4) is 0 Å². The fourth-order valence-corrected chi connectivity index (χ4v) is 4.03. The molecule has 2 aliphatic rings. The standard InChI is InChI=1S/C17H34N2O/c1-17(20)14-19-12-8-11-18-13-16(17)15-9-6-4-2-3-5-7-10-15/h15-16,18-20H,2-14H2,1H3. The molecule has 0 bridgehead atoms. The highest BCUT2D eigenvalue weighted by atomic mass is 16.3. The summed E-state index contributed by atoms with van der Waals surface area (Å²) < 4.78 is 0. The van der Waals surface area contributed by atoms with E-state index < -0.39 is 5.60 Å². The molecule has 1 aliphatic heterocycles. The largest absolute Gasteiger partial charge is 0.389 e. The van der Waals surface area contributed by atoms with Crippen molar-refractivity contribution in [2.24, 2.45) is 11.8 Å². The molecule has 3 N–H and O–H groups in total. The molecule has 0 spiro atoms. The Morgan fingerprint density at radius 3 is 2.15 bits per heavy atom. The van der Waals surface area contributed by atoms with Gasteiger partial charge in [0.15, 0.2) is 0 Å². The Bertz CT molecular complexity index is 258. The lowest BCUT2D eigenvalue weighted by Crippen LogP contribution is -2.50. The molecule has 2 rings (SSSR count). The normalized spacial score (nSPS) is 36.0. The summed E-state index contributed by atoms with van der Waals surface area (Å²) in [5.41, 5.74) is -0.573. The minimum absolute atomic E-state index is 0.395. The van der Waals surface area contributed by atoms with Crippen molar-refractivity contribution < 1.29 is 5.11 Å². The summed E-state index contributed by atoms with van der Waals surface area (Å²) in [5.74, 6) is 1.08. The highest BCUT2D eigenvalue weighted by Crippen LogP contribution is 2.34. The predicted octanol–water partition coefficient (Wildman–Crippen LogP) is 2.69. The van der Waals surface area contributed by atoms with Crippen LogP contribution in [0.5, 0.6) is 0 Å². The van der Waals surface area contributed by atoms with Gasteiger partial charge in [-0.15, -0.1) is 0 Å². The van der Waals surface area contributed by atoms with E-state index in [4.69, 9.17) is 0 Å². The smallest absolute Gasteiger partial charge is 0.0786 e. The molecule has 3 nitrogen and oxygen atoms in total. The monoisotopic (exact) mass is 282 g/mol. The third-order valence-corrected chi connectivity index (χ3v) is 5.32. The van der Waals surface area contributed by atoms with Crippen LogP contribution in [0.2, 0.25) is 0 Å². The van der Waals surface area contributed by atoms with Gasteiger partial charge in [-0.2, -0.15) is 0 Å². The fraction of sp³-hybridized carbons (Fsp3) is 1.00. The van der Waals surface area contributed by atoms with Gasteiger partial charge in [0.1, 0.15) is 0 Å². The molecule has 3 heteroatoms. The number of aliphatic hydroxyl groups is 1. The Balaban J connectivity index is 2.02. The van der Waals surface area contributed by atoms with E-state index in [-0.39, 0.29) is 0 Å². The summed E-state index contributed by atoms with van der Waals surface area (Å²) in [6, 6.07) is 0. The van der Waals surface area contributed by atoms with Crippen LogP contribution < -0.4 is 10.6 Å². The number of β-amino-alcohol motifs (C(OH)–C–C–N with tert-alkyl or cyclic N) is 1. The molecule has 0 aromatic rings. The van der Waals surface area contributed by atoms with Gasteiger partial charge >= 0.3 is 0 Å². The van der Waals surface area contributed by atoms with Crippen molar-refractivity contribution in [1.82, 2.24) is 10.6 Å². The predicted molar refractivity (Wildman–Crippen MR) is 84.9 cm³/mol. The number of hydrogen-bond donors (Lipinski definition) is 3. The molecule has 1 saturated carbocycles. The van der Waals surface area contributed by atoms with E-state index in [2.05, 4.69) is 10.6 Å². The summed E-state index contributed by atoms with van der Waals surface area (Å²) in [7, 11) is 0. The molecule has 0 aromatic carbocycles. The second kappa shape index (κ2) is 8.35. The van der Waals surface area contributed by atoms with Crippen LogP contribution >= 0.6 is 0 Å². The first-order chi connectivity index (χ1) is 9.70. The van der Waals surface area contributed by atoms with Crippen LogP contribution in [0.4, 0.5) is 0 Å². The fourth-order valence-electron chi connectivity index (χ4n) is 4.03. The van der Waals surface area contributed by atoms with Crippen LogP contribution in [0.25, 0.3) is 0 Å². The van der Waals surface area contributed by atoms with Gasteiger partial charge in [0, 0.05) is 19.0 Å². The highest BCUT2D eigenvalue weighted by Gasteiger charge is 2.37. The average molecular weight is 282 g/mol. The minimum Gasteiger partial charge on any atom is -0.389 e. The van der Waals surface area contributed by atoms with Crippen molar-refractivity contribution in [1.29, 1.82) is 0 Å². The van der Waals surface area contributed by atoms with Crippen LogP contribution in [-0.4, -0.2) is 36.9 Å². The lowest BCUT2D eigenvalue weighted by molar-refractivity contribution is -0.0273. The molecule has 0 radical (unpaired) electrons. The second-order valence-electron chi connectivity index (χ2n) is 7.16. The first-order valence-corrected chi connectivity index (χ1v) is 8.84. The molecule has 1 aliphatic carbocycles. The molecule has 20 heavy (non-hydrogen) atoms. The van der Waals surface area contributed by atoms with Gasteiger partial charge < -0.3 is 15.7 Å². The maximum absolute atomic E-state index is 10.9. The maximum Gasteiger partial charge on any atom is 0.0786 e. The molecule has 1 heterocycles. The lowest BCUT2D eigenvalue weighted by Gasteiger charge is -2.38. The second-order valence-corrected chi connectivity index (χ2v) is 7.16. The molecule has 1 saturated heterocycles. The van der Waals surface area contributed by atoms with Crippen LogP contribution in [0.3, 0.4) is 0 Å². The molecule has 118 valence electrons. The van der Waals surface area contributed by atoms with Gasteiger partial charge in [0.25, 0.3) is 0 Å². The topological polar surface area (TPSA) is 44.3 Å².